The second kappa shape index (κ2) is 10.7. The van der Waals surface area contributed by atoms with Crippen LogP contribution in [0.1, 0.15) is 98.7 Å². The van der Waals surface area contributed by atoms with E-state index in [0.717, 1.165) is 0 Å². The van der Waals surface area contributed by atoms with E-state index in [0.29, 0.717) is 25.7 Å². The van der Waals surface area contributed by atoms with Gasteiger partial charge in [-0.05, 0) is 53.3 Å². The fourth-order valence-corrected chi connectivity index (χ4v) is 2.07. The number of carboxylic acid groups (broad SMARTS) is 2. The largest absolute Gasteiger partial charge is 0.481 e. The summed E-state index contributed by atoms with van der Waals surface area (Å²) in [6.45, 7) is 6.26. The normalized spacial score (nSPS) is 17.3. The molecule has 0 radical (unpaired) electrons. The zero-order valence-corrected chi connectivity index (χ0v) is 15.3. The van der Waals surface area contributed by atoms with E-state index >= 15 is 0 Å². The average Bonchev–Trinajstić information content (AvgIpc) is 2.55. The minimum Gasteiger partial charge on any atom is -0.481 e. The van der Waals surface area contributed by atoms with Gasteiger partial charge in [-0.3, -0.25) is 9.59 Å². The molecule has 0 aromatic heterocycles. The summed E-state index contributed by atoms with van der Waals surface area (Å²) in [4.78, 5) is 22.2. The highest BCUT2D eigenvalue weighted by Crippen LogP contribution is 2.25. The van der Waals surface area contributed by atoms with Crippen LogP contribution >= 0.6 is 0 Å². The maximum Gasteiger partial charge on any atom is 0.309 e. The molecule has 142 valence electrons. The van der Waals surface area contributed by atoms with Crippen molar-refractivity contribution in [3.05, 3.63) is 0 Å². The van der Waals surface area contributed by atoms with E-state index in [1.807, 2.05) is 0 Å². The van der Waals surface area contributed by atoms with Crippen molar-refractivity contribution in [3.8, 4) is 0 Å². The van der Waals surface area contributed by atoms with E-state index < -0.39 is 41.6 Å². The van der Waals surface area contributed by atoms with Crippen LogP contribution in [0, 0.1) is 10.8 Å². The van der Waals surface area contributed by atoms with E-state index in [4.69, 9.17) is 17.1 Å². The topological polar surface area (TPSA) is 94.8 Å². The van der Waals surface area contributed by atoms with Gasteiger partial charge >= 0.3 is 11.9 Å². The van der Waals surface area contributed by atoms with E-state index in [9.17, 15) is 14.7 Å². The molecule has 0 heterocycles. The molecule has 0 bridgehead atoms. The number of aliphatic hydroxyl groups is 1. The summed E-state index contributed by atoms with van der Waals surface area (Å²) in [5, 5.41) is 28.6. The fourth-order valence-electron chi connectivity index (χ4n) is 2.07. The fraction of sp³-hybridized carbons (Fsp3) is 0.895. The number of carboxylic acids is 2. The van der Waals surface area contributed by atoms with Gasteiger partial charge in [0.05, 0.1) is 18.3 Å². The lowest BCUT2D eigenvalue weighted by Crippen LogP contribution is -2.23. The summed E-state index contributed by atoms with van der Waals surface area (Å²) < 4.78 is 40.1. The Bertz CT molecular complexity index is 525. The molecule has 24 heavy (non-hydrogen) atoms. The molecule has 5 nitrogen and oxygen atoms in total. The number of hydrogen-bond donors (Lipinski definition) is 3. The van der Waals surface area contributed by atoms with Gasteiger partial charge in [0.2, 0.25) is 0 Å². The second-order valence-electron chi connectivity index (χ2n) is 7.49. The van der Waals surface area contributed by atoms with Crippen molar-refractivity contribution in [1.29, 1.82) is 0 Å². The lowest BCUT2D eigenvalue weighted by molar-refractivity contribution is -0.148. The SMILES string of the molecule is [2H]C([2H])(CCCCC(C)(C)C(=O)O)C([2H])(O)C([2H])([2H])CCCCC(C)(C)C(=O)O. The van der Waals surface area contributed by atoms with Crippen LogP contribution in [0.25, 0.3) is 0 Å². The molecule has 3 N–H and O–H groups in total. The minimum absolute atomic E-state index is 0.216. The molecule has 0 saturated heterocycles. The van der Waals surface area contributed by atoms with Crippen LogP contribution in [0.4, 0.5) is 0 Å². The number of carbonyl (C=O) groups is 2. The lowest BCUT2D eigenvalue weighted by atomic mass is 9.86. The van der Waals surface area contributed by atoms with Crippen LogP contribution in [0.5, 0.6) is 0 Å². The highest BCUT2D eigenvalue weighted by molar-refractivity contribution is 5.73. The molecule has 0 amide bonds. The molecule has 0 unspecified atom stereocenters. The first-order valence-corrected chi connectivity index (χ1v) is 8.49. The Kier molecular flexibility index (Phi) is 6.77. The van der Waals surface area contributed by atoms with E-state index in [2.05, 4.69) is 0 Å². The Labute approximate surface area is 153 Å². The summed E-state index contributed by atoms with van der Waals surface area (Å²) in [7, 11) is 0. The number of unbranched alkanes of at least 4 members (excludes halogenated alkanes) is 2. The third-order valence-corrected chi connectivity index (χ3v) is 4.20. The van der Waals surface area contributed by atoms with Crippen molar-refractivity contribution < 1.29 is 31.8 Å². The molecule has 0 rings (SSSR count). The Balaban J connectivity index is 4.77. The Hall–Kier alpha value is -1.10. The summed E-state index contributed by atoms with van der Waals surface area (Å²) in [5.41, 5.74) is -1.91. The Morgan fingerprint density at radius 1 is 0.833 bits per heavy atom. The molecular formula is C19H36O5. The summed E-state index contributed by atoms with van der Waals surface area (Å²) in [6.07, 6.45) is -6.77. The van der Waals surface area contributed by atoms with Crippen LogP contribution in [0.15, 0.2) is 0 Å². The van der Waals surface area contributed by atoms with Gasteiger partial charge in [0.1, 0.15) is 0 Å². The molecule has 0 aliphatic heterocycles. The van der Waals surface area contributed by atoms with Gasteiger partial charge < -0.3 is 15.3 Å². The van der Waals surface area contributed by atoms with Crippen molar-refractivity contribution in [1.82, 2.24) is 0 Å². The predicted octanol–water partition coefficient (Wildman–Crippen LogP) is 4.47. The van der Waals surface area contributed by atoms with E-state index in [1.54, 1.807) is 27.7 Å². The average molecular weight is 350 g/mol. The molecule has 0 aromatic rings. The van der Waals surface area contributed by atoms with E-state index in [-0.39, 0.29) is 25.7 Å². The monoisotopic (exact) mass is 349 g/mol. The number of hydrogen-bond acceptors (Lipinski definition) is 3. The van der Waals surface area contributed by atoms with Crippen LogP contribution < -0.4 is 0 Å². The van der Waals surface area contributed by atoms with Gasteiger partial charge in [0.25, 0.3) is 0 Å². The molecule has 0 atom stereocenters. The van der Waals surface area contributed by atoms with Gasteiger partial charge in [-0.25, -0.2) is 0 Å². The van der Waals surface area contributed by atoms with Crippen LogP contribution in [0.3, 0.4) is 0 Å². The maximum atomic E-state index is 11.1. The quantitative estimate of drug-likeness (QED) is 0.402. The zero-order valence-electron chi connectivity index (χ0n) is 20.3. The van der Waals surface area contributed by atoms with Gasteiger partial charge in [0, 0.05) is 5.48 Å². The second-order valence-corrected chi connectivity index (χ2v) is 7.49. The molecule has 0 aromatic carbocycles. The van der Waals surface area contributed by atoms with Crippen molar-refractivity contribution >= 4 is 11.9 Å². The molecular weight excluding hydrogens is 308 g/mol. The molecule has 0 aliphatic rings. The molecule has 5 heteroatoms. The molecule has 0 saturated carbocycles. The van der Waals surface area contributed by atoms with Gasteiger partial charge in [0.15, 0.2) is 0 Å². The van der Waals surface area contributed by atoms with Gasteiger partial charge in [-0.2, -0.15) is 0 Å². The Morgan fingerprint density at radius 3 is 1.46 bits per heavy atom. The first-order valence-electron chi connectivity index (χ1n) is 11.0. The van der Waals surface area contributed by atoms with Crippen LogP contribution in [-0.4, -0.2) is 33.3 Å². The highest BCUT2D eigenvalue weighted by Gasteiger charge is 2.26. The van der Waals surface area contributed by atoms with Crippen LogP contribution in [-0.2, 0) is 9.59 Å². The zero-order chi connectivity index (χ0) is 23.3. The van der Waals surface area contributed by atoms with Crippen LogP contribution in [0.2, 0.25) is 0 Å². The molecule has 0 spiro atoms. The first-order chi connectivity index (χ1) is 12.8. The molecule has 0 fully saturated rings. The van der Waals surface area contributed by atoms with Gasteiger partial charge in [-0.1, -0.05) is 38.5 Å². The number of aliphatic carboxylic acids is 2. The van der Waals surface area contributed by atoms with Crippen molar-refractivity contribution in [2.24, 2.45) is 10.8 Å². The van der Waals surface area contributed by atoms with Crippen molar-refractivity contribution in [2.75, 3.05) is 0 Å². The maximum absolute atomic E-state index is 11.1. The van der Waals surface area contributed by atoms with Gasteiger partial charge in [-0.15, -0.1) is 0 Å². The summed E-state index contributed by atoms with van der Waals surface area (Å²) in [6, 6.07) is 0. The predicted molar refractivity (Wildman–Crippen MR) is 95.0 cm³/mol. The van der Waals surface area contributed by atoms with Crippen molar-refractivity contribution in [2.45, 2.75) is 97.9 Å². The smallest absolute Gasteiger partial charge is 0.309 e. The molecule has 0 aliphatic carbocycles. The summed E-state index contributed by atoms with van der Waals surface area (Å²) in [5.74, 6) is -1.92. The number of rotatable bonds is 14. The Morgan fingerprint density at radius 2 is 1.17 bits per heavy atom. The van der Waals surface area contributed by atoms with E-state index in [1.165, 1.54) is 0 Å². The first kappa shape index (κ1) is 15.2. The van der Waals surface area contributed by atoms with Crippen molar-refractivity contribution in [3.63, 3.8) is 0 Å². The third kappa shape index (κ3) is 9.91. The minimum atomic E-state index is -2.98. The lowest BCUT2D eigenvalue weighted by Gasteiger charge is -2.19. The third-order valence-electron chi connectivity index (χ3n) is 4.20. The summed E-state index contributed by atoms with van der Waals surface area (Å²) >= 11 is 0. The highest BCUT2D eigenvalue weighted by atomic mass is 16.4. The standard InChI is InChI=1S/C19H36O5/c1-18(2,16(21)22)13-9-5-7-11-15(20)12-8-6-10-14-19(3,4)17(23)24/h15,20H,5-14H2,1-4H3,(H,21,22)(H,23,24)/i11D2,12D2,15D.